The Labute approximate surface area is 124 Å². The van der Waals surface area contributed by atoms with Crippen molar-refractivity contribution >= 4 is 23.2 Å². The van der Waals surface area contributed by atoms with Crippen molar-refractivity contribution in [2.45, 2.75) is 6.54 Å². The van der Waals surface area contributed by atoms with Gasteiger partial charge in [-0.25, -0.2) is 8.78 Å². The Kier molecular flexibility index (Phi) is 3.51. The Morgan fingerprint density at radius 3 is 2.67 bits per heavy atom. The first-order valence-corrected chi connectivity index (χ1v) is 6.59. The van der Waals surface area contributed by atoms with Gasteiger partial charge in [0.05, 0.1) is 6.54 Å². The van der Waals surface area contributed by atoms with Gasteiger partial charge in [-0.05, 0) is 30.3 Å². The number of benzene rings is 2. The van der Waals surface area contributed by atoms with Gasteiger partial charge in [0, 0.05) is 22.3 Å². The van der Waals surface area contributed by atoms with Crippen molar-refractivity contribution in [3.05, 3.63) is 58.6 Å². The van der Waals surface area contributed by atoms with E-state index >= 15 is 0 Å². The van der Waals surface area contributed by atoms with E-state index in [0.717, 1.165) is 12.1 Å². The molecule has 0 N–H and O–H groups in total. The molecule has 21 heavy (non-hydrogen) atoms. The summed E-state index contributed by atoms with van der Waals surface area (Å²) in [5, 5.41) is 0.511. The molecule has 0 bridgehead atoms. The largest absolute Gasteiger partial charge is 0.483 e. The molecule has 0 atom stereocenters. The van der Waals surface area contributed by atoms with Gasteiger partial charge < -0.3 is 9.64 Å². The molecule has 2 aromatic rings. The highest BCUT2D eigenvalue weighted by molar-refractivity contribution is 6.30. The second kappa shape index (κ2) is 5.33. The summed E-state index contributed by atoms with van der Waals surface area (Å²) in [5.41, 5.74) is 0.980. The lowest BCUT2D eigenvalue weighted by Gasteiger charge is -2.20. The van der Waals surface area contributed by atoms with Crippen molar-refractivity contribution in [1.82, 2.24) is 0 Å². The Balaban J connectivity index is 2.01. The Hall–Kier alpha value is -2.14. The first kappa shape index (κ1) is 13.8. The van der Waals surface area contributed by atoms with Gasteiger partial charge in [-0.15, -0.1) is 0 Å². The molecule has 6 heteroatoms. The number of anilines is 1. The summed E-state index contributed by atoms with van der Waals surface area (Å²) in [6.45, 7) is 0.00737. The van der Waals surface area contributed by atoms with Gasteiger partial charge in [0.15, 0.2) is 18.2 Å². The molecule has 0 radical (unpaired) electrons. The van der Waals surface area contributed by atoms with Crippen molar-refractivity contribution in [3.63, 3.8) is 0 Å². The molecule has 0 unspecified atom stereocenters. The number of carbonyl (C=O) groups excluding carboxylic acids is 1. The fourth-order valence-corrected chi connectivity index (χ4v) is 2.37. The third-order valence-corrected chi connectivity index (χ3v) is 3.45. The molecule has 2 aromatic carbocycles. The van der Waals surface area contributed by atoms with E-state index in [1.807, 2.05) is 0 Å². The molecule has 0 saturated carbocycles. The number of fused-ring (bicyclic) bond motifs is 1. The van der Waals surface area contributed by atoms with E-state index in [2.05, 4.69) is 0 Å². The molecule has 0 aromatic heterocycles. The summed E-state index contributed by atoms with van der Waals surface area (Å²) >= 11 is 5.94. The molecule has 3 rings (SSSR count). The van der Waals surface area contributed by atoms with E-state index in [4.69, 9.17) is 16.3 Å². The quantitative estimate of drug-likeness (QED) is 0.806. The zero-order chi connectivity index (χ0) is 15.0. The first-order chi connectivity index (χ1) is 10.0. The van der Waals surface area contributed by atoms with Gasteiger partial charge in [0.2, 0.25) is 0 Å². The number of halogens is 3. The van der Waals surface area contributed by atoms with E-state index in [9.17, 15) is 13.6 Å². The molecular weight excluding hydrogens is 300 g/mol. The molecule has 0 saturated heterocycles. The smallest absolute Gasteiger partial charge is 0.265 e. The van der Waals surface area contributed by atoms with E-state index in [1.165, 1.54) is 11.0 Å². The van der Waals surface area contributed by atoms with Crippen molar-refractivity contribution in [2.24, 2.45) is 0 Å². The summed E-state index contributed by atoms with van der Waals surface area (Å²) in [7, 11) is 0. The van der Waals surface area contributed by atoms with E-state index in [-0.39, 0.29) is 24.7 Å². The minimum atomic E-state index is -1.00. The zero-order valence-electron chi connectivity index (χ0n) is 10.8. The Morgan fingerprint density at radius 2 is 1.90 bits per heavy atom. The fourth-order valence-electron chi connectivity index (χ4n) is 2.18. The molecule has 0 spiro atoms. The average molecular weight is 310 g/mol. The third kappa shape index (κ3) is 2.69. The van der Waals surface area contributed by atoms with Crippen LogP contribution in [0.5, 0.6) is 5.75 Å². The monoisotopic (exact) mass is 309 g/mol. The fraction of sp³-hybridized carbons (Fsp3) is 0.133. The van der Waals surface area contributed by atoms with Gasteiger partial charge in [-0.3, -0.25) is 4.79 Å². The van der Waals surface area contributed by atoms with E-state index in [0.29, 0.717) is 16.3 Å². The number of carbonyl (C=O) groups is 1. The van der Waals surface area contributed by atoms with Gasteiger partial charge in [0.1, 0.15) is 5.75 Å². The molecular formula is C15H10ClF2NO2. The SMILES string of the molecule is O=C1COc2ccc(Cl)cc2CN1c1ccc(F)c(F)c1. The molecule has 3 nitrogen and oxygen atoms in total. The van der Waals surface area contributed by atoms with Crippen LogP contribution in [0.3, 0.4) is 0 Å². The van der Waals surface area contributed by atoms with E-state index < -0.39 is 11.6 Å². The maximum absolute atomic E-state index is 13.4. The second-order valence-corrected chi connectivity index (χ2v) is 5.06. The maximum Gasteiger partial charge on any atom is 0.265 e. The number of hydrogen-bond donors (Lipinski definition) is 0. The minimum Gasteiger partial charge on any atom is -0.483 e. The summed E-state index contributed by atoms with van der Waals surface area (Å²) in [5.74, 6) is -1.75. The Bertz CT molecular complexity index is 721. The highest BCUT2D eigenvalue weighted by Gasteiger charge is 2.23. The predicted molar refractivity (Wildman–Crippen MR) is 74.5 cm³/mol. The maximum atomic E-state index is 13.4. The predicted octanol–water partition coefficient (Wildman–Crippen LogP) is 3.54. The minimum absolute atomic E-state index is 0.173. The van der Waals surface area contributed by atoms with Gasteiger partial charge >= 0.3 is 0 Å². The number of rotatable bonds is 1. The lowest BCUT2D eigenvalue weighted by atomic mass is 10.1. The molecule has 0 aliphatic carbocycles. The topological polar surface area (TPSA) is 29.5 Å². The van der Waals surface area contributed by atoms with Crippen molar-refractivity contribution < 1.29 is 18.3 Å². The summed E-state index contributed by atoms with van der Waals surface area (Å²) in [6, 6.07) is 8.36. The summed E-state index contributed by atoms with van der Waals surface area (Å²) in [6.07, 6.45) is 0. The summed E-state index contributed by atoms with van der Waals surface area (Å²) in [4.78, 5) is 13.5. The van der Waals surface area contributed by atoms with Crippen molar-refractivity contribution in [3.8, 4) is 5.75 Å². The molecule has 108 valence electrons. The second-order valence-electron chi connectivity index (χ2n) is 4.62. The van der Waals surface area contributed by atoms with Crippen molar-refractivity contribution in [1.29, 1.82) is 0 Å². The molecule has 1 amide bonds. The van der Waals surface area contributed by atoms with E-state index in [1.54, 1.807) is 18.2 Å². The number of hydrogen-bond acceptors (Lipinski definition) is 2. The normalized spacial score (nSPS) is 14.4. The number of nitrogens with zero attached hydrogens (tertiary/aromatic N) is 1. The van der Waals surface area contributed by atoms with Crippen LogP contribution in [0.1, 0.15) is 5.56 Å². The van der Waals surface area contributed by atoms with Crippen LogP contribution >= 0.6 is 11.6 Å². The molecule has 1 aliphatic rings. The number of amides is 1. The standard InChI is InChI=1S/C15H10ClF2NO2/c16-10-1-4-14-9(5-10)7-19(15(20)8-21-14)11-2-3-12(17)13(18)6-11/h1-6H,7-8H2. The summed E-state index contributed by atoms with van der Waals surface area (Å²) < 4.78 is 31.8. The molecule has 1 aliphatic heterocycles. The van der Waals surface area contributed by atoms with Gasteiger partial charge in [0.25, 0.3) is 5.91 Å². The zero-order valence-corrected chi connectivity index (χ0v) is 11.5. The lowest BCUT2D eigenvalue weighted by Crippen LogP contribution is -2.32. The molecule has 0 fully saturated rings. The van der Waals surface area contributed by atoms with Crippen LogP contribution < -0.4 is 9.64 Å². The lowest BCUT2D eigenvalue weighted by molar-refractivity contribution is -0.120. The van der Waals surface area contributed by atoms with Crippen LogP contribution in [0.25, 0.3) is 0 Å². The average Bonchev–Trinajstić information content (AvgIpc) is 2.61. The number of ether oxygens (including phenoxy) is 1. The molecule has 1 heterocycles. The third-order valence-electron chi connectivity index (χ3n) is 3.22. The van der Waals surface area contributed by atoms with Crippen LogP contribution in [0.15, 0.2) is 36.4 Å². The first-order valence-electron chi connectivity index (χ1n) is 6.21. The van der Waals surface area contributed by atoms with Crippen LogP contribution in [0, 0.1) is 11.6 Å². The van der Waals surface area contributed by atoms with Crippen molar-refractivity contribution in [2.75, 3.05) is 11.5 Å². The van der Waals surface area contributed by atoms with Crippen LogP contribution in [0.2, 0.25) is 5.02 Å². The van der Waals surface area contributed by atoms with Gasteiger partial charge in [-0.2, -0.15) is 0 Å². The van der Waals surface area contributed by atoms with Crippen LogP contribution in [-0.2, 0) is 11.3 Å². The highest BCUT2D eigenvalue weighted by atomic mass is 35.5. The van der Waals surface area contributed by atoms with Crippen LogP contribution in [-0.4, -0.2) is 12.5 Å². The van der Waals surface area contributed by atoms with Gasteiger partial charge in [-0.1, -0.05) is 11.6 Å². The Morgan fingerprint density at radius 1 is 1.10 bits per heavy atom. The van der Waals surface area contributed by atoms with Crippen LogP contribution in [0.4, 0.5) is 14.5 Å². The highest BCUT2D eigenvalue weighted by Crippen LogP contribution is 2.29.